The van der Waals surface area contributed by atoms with Crippen molar-refractivity contribution < 1.29 is 31.9 Å². The van der Waals surface area contributed by atoms with E-state index in [0.29, 0.717) is 27.9 Å². The van der Waals surface area contributed by atoms with Crippen molar-refractivity contribution in [1.82, 2.24) is 4.90 Å². The zero-order valence-corrected chi connectivity index (χ0v) is 19.1. The molecule has 0 aliphatic carbocycles. The summed E-state index contributed by atoms with van der Waals surface area (Å²) >= 11 is 6.62. The fourth-order valence-electron chi connectivity index (χ4n) is 2.79. The Hall–Kier alpha value is -2.57. The number of carbonyl (C=O) groups is 2. The number of alkyl halides is 4. The highest BCUT2D eigenvalue weighted by atomic mass is 32.2. The van der Waals surface area contributed by atoms with Gasteiger partial charge in [-0.15, -0.1) is 0 Å². The highest BCUT2D eigenvalue weighted by Gasteiger charge is 2.32. The van der Waals surface area contributed by atoms with E-state index in [1.165, 1.54) is 53.4 Å². The second-order valence-electron chi connectivity index (χ2n) is 6.45. The van der Waals surface area contributed by atoms with E-state index in [1.54, 1.807) is 6.07 Å². The van der Waals surface area contributed by atoms with Crippen molar-refractivity contribution >= 4 is 63.6 Å². The molecule has 1 N–H and O–H groups in total. The Morgan fingerprint density at radius 2 is 1.85 bits per heavy atom. The zero-order valence-electron chi connectivity index (χ0n) is 16.7. The Labute approximate surface area is 200 Å². The van der Waals surface area contributed by atoms with Gasteiger partial charge >= 0.3 is 6.61 Å². The molecule has 1 saturated heterocycles. The third-order valence-corrected chi connectivity index (χ3v) is 6.32. The van der Waals surface area contributed by atoms with Crippen LogP contribution in [0, 0.1) is 0 Å². The fraction of sp³-hybridized carbons (Fsp3) is 0.190. The van der Waals surface area contributed by atoms with Gasteiger partial charge in [-0.05, 0) is 36.4 Å². The number of nitrogens with zero attached hydrogens (tertiary/aromatic N) is 1. The lowest BCUT2D eigenvalue weighted by Crippen LogP contribution is -2.31. The maximum absolute atomic E-state index is 12.7. The molecule has 2 aromatic carbocycles. The molecule has 1 heterocycles. The minimum absolute atomic E-state index is 0.0162. The number of benzene rings is 2. The SMILES string of the molecule is O=C(CCN1C(=O)/C(=C/c2ccccc2OC(F)F)SC1=S)Nc1ccc(SC(F)F)cc1. The molecule has 2 amide bonds. The zero-order chi connectivity index (χ0) is 24.0. The van der Waals surface area contributed by atoms with E-state index in [1.807, 2.05) is 0 Å². The number of rotatable bonds is 9. The normalized spacial score (nSPS) is 15.1. The lowest BCUT2D eigenvalue weighted by molar-refractivity contribution is -0.122. The van der Waals surface area contributed by atoms with Crippen molar-refractivity contribution in [1.29, 1.82) is 0 Å². The van der Waals surface area contributed by atoms with Gasteiger partial charge in [-0.3, -0.25) is 14.5 Å². The van der Waals surface area contributed by atoms with E-state index in [0.717, 1.165) is 11.8 Å². The van der Waals surface area contributed by atoms with Gasteiger partial charge in [-0.1, -0.05) is 53.9 Å². The average Bonchev–Trinajstić information content (AvgIpc) is 3.01. The lowest BCUT2D eigenvalue weighted by atomic mass is 10.2. The first-order valence-corrected chi connectivity index (χ1v) is 11.5. The van der Waals surface area contributed by atoms with Gasteiger partial charge in [0, 0.05) is 29.1 Å². The highest BCUT2D eigenvalue weighted by Crippen LogP contribution is 2.34. The second-order valence-corrected chi connectivity index (χ2v) is 9.19. The van der Waals surface area contributed by atoms with Crippen LogP contribution in [0.1, 0.15) is 12.0 Å². The summed E-state index contributed by atoms with van der Waals surface area (Å²) in [6, 6.07) is 12.0. The molecular formula is C21H16F4N2O3S3. The van der Waals surface area contributed by atoms with Crippen LogP contribution in [0.2, 0.25) is 0 Å². The molecule has 2 aromatic rings. The van der Waals surface area contributed by atoms with Crippen LogP contribution >= 0.6 is 35.7 Å². The largest absolute Gasteiger partial charge is 0.434 e. The summed E-state index contributed by atoms with van der Waals surface area (Å²) in [5, 5.41) is 2.63. The Bertz CT molecular complexity index is 1060. The molecule has 1 aliphatic heterocycles. The number of thiocarbonyl (C=S) groups is 1. The molecule has 0 spiro atoms. The van der Waals surface area contributed by atoms with Crippen molar-refractivity contribution in [2.75, 3.05) is 11.9 Å². The number of halogens is 4. The summed E-state index contributed by atoms with van der Waals surface area (Å²) in [5.74, 6) is -3.44. The summed E-state index contributed by atoms with van der Waals surface area (Å²) < 4.78 is 54.7. The van der Waals surface area contributed by atoms with Crippen molar-refractivity contribution in [2.24, 2.45) is 0 Å². The first-order valence-electron chi connectivity index (χ1n) is 9.37. The molecule has 12 heteroatoms. The average molecular weight is 517 g/mol. The minimum Gasteiger partial charge on any atom is -0.434 e. The standard InChI is InChI=1S/C21H16F4N2O3S3/c22-19(23)30-15-4-2-1-3-12(15)11-16-18(29)27(21(31)33-16)10-9-17(28)26-13-5-7-14(8-6-13)32-20(24)25/h1-8,11,19-20H,9-10H2,(H,26,28)/b16-11-. The molecule has 0 radical (unpaired) electrons. The summed E-state index contributed by atoms with van der Waals surface area (Å²) in [6.07, 6.45) is 1.36. The molecule has 0 aromatic heterocycles. The second kappa shape index (κ2) is 11.5. The predicted molar refractivity (Wildman–Crippen MR) is 125 cm³/mol. The molecule has 33 heavy (non-hydrogen) atoms. The number of anilines is 1. The highest BCUT2D eigenvalue weighted by molar-refractivity contribution is 8.26. The van der Waals surface area contributed by atoms with Crippen LogP contribution in [0.5, 0.6) is 5.75 Å². The number of nitrogens with one attached hydrogen (secondary N) is 1. The number of carbonyl (C=O) groups excluding carboxylic acids is 2. The summed E-state index contributed by atoms with van der Waals surface area (Å²) in [6.45, 7) is -2.99. The van der Waals surface area contributed by atoms with Crippen molar-refractivity contribution in [2.45, 2.75) is 23.7 Å². The molecule has 0 atom stereocenters. The summed E-state index contributed by atoms with van der Waals surface area (Å²) in [4.78, 5) is 26.8. The molecule has 0 bridgehead atoms. The molecule has 1 aliphatic rings. The fourth-order valence-corrected chi connectivity index (χ4v) is 4.59. The van der Waals surface area contributed by atoms with Gasteiger partial charge in [0.05, 0.1) is 4.91 Å². The van der Waals surface area contributed by atoms with E-state index >= 15 is 0 Å². The van der Waals surface area contributed by atoms with Gasteiger partial charge in [0.1, 0.15) is 10.1 Å². The smallest absolute Gasteiger partial charge is 0.387 e. The van der Waals surface area contributed by atoms with E-state index in [2.05, 4.69) is 10.1 Å². The van der Waals surface area contributed by atoms with Gasteiger partial charge in [-0.25, -0.2) is 0 Å². The Balaban J connectivity index is 1.59. The molecule has 174 valence electrons. The van der Waals surface area contributed by atoms with Gasteiger partial charge in [0.15, 0.2) is 0 Å². The first kappa shape index (κ1) is 25.1. The van der Waals surface area contributed by atoms with Crippen LogP contribution in [-0.2, 0) is 9.59 Å². The summed E-state index contributed by atoms with van der Waals surface area (Å²) in [5.41, 5.74) is 0.726. The Morgan fingerprint density at radius 1 is 1.15 bits per heavy atom. The molecule has 0 saturated carbocycles. The van der Waals surface area contributed by atoms with Gasteiger partial charge < -0.3 is 10.1 Å². The number of thioether (sulfide) groups is 2. The van der Waals surface area contributed by atoms with E-state index in [4.69, 9.17) is 12.2 Å². The monoisotopic (exact) mass is 516 g/mol. The van der Waals surface area contributed by atoms with Crippen LogP contribution in [0.15, 0.2) is 58.3 Å². The maximum atomic E-state index is 12.7. The van der Waals surface area contributed by atoms with Crippen LogP contribution in [0.3, 0.4) is 0 Å². The van der Waals surface area contributed by atoms with Gasteiger partial charge in [0.25, 0.3) is 11.7 Å². The molecule has 5 nitrogen and oxygen atoms in total. The number of para-hydroxylation sites is 1. The number of hydrogen-bond donors (Lipinski definition) is 1. The van der Waals surface area contributed by atoms with Crippen LogP contribution in [0.25, 0.3) is 6.08 Å². The number of hydrogen-bond acceptors (Lipinski definition) is 6. The van der Waals surface area contributed by atoms with Crippen molar-refractivity contribution in [3.63, 3.8) is 0 Å². The van der Waals surface area contributed by atoms with Crippen LogP contribution in [0.4, 0.5) is 23.2 Å². The Morgan fingerprint density at radius 3 is 2.52 bits per heavy atom. The molecule has 1 fully saturated rings. The quantitative estimate of drug-likeness (QED) is 0.196. The lowest BCUT2D eigenvalue weighted by Gasteiger charge is -2.14. The molecule has 3 rings (SSSR count). The maximum Gasteiger partial charge on any atom is 0.387 e. The van der Waals surface area contributed by atoms with Crippen LogP contribution < -0.4 is 10.1 Å². The predicted octanol–water partition coefficient (Wildman–Crippen LogP) is 5.83. The van der Waals surface area contributed by atoms with E-state index in [9.17, 15) is 27.2 Å². The minimum atomic E-state index is -3.01. The Kier molecular flexibility index (Phi) is 8.75. The number of ether oxygens (including phenoxy) is 1. The topological polar surface area (TPSA) is 58.6 Å². The molecule has 0 unspecified atom stereocenters. The number of amides is 2. The van der Waals surface area contributed by atoms with Gasteiger partial charge in [0.2, 0.25) is 5.91 Å². The van der Waals surface area contributed by atoms with Crippen molar-refractivity contribution in [3.05, 3.63) is 59.0 Å². The van der Waals surface area contributed by atoms with Crippen LogP contribution in [-0.4, -0.2) is 39.9 Å². The molecular weight excluding hydrogens is 500 g/mol. The first-order chi connectivity index (χ1) is 15.7. The van der Waals surface area contributed by atoms with E-state index in [-0.39, 0.29) is 27.9 Å². The third-order valence-electron chi connectivity index (χ3n) is 4.22. The third kappa shape index (κ3) is 7.21. The van der Waals surface area contributed by atoms with E-state index < -0.39 is 24.2 Å². The summed E-state index contributed by atoms with van der Waals surface area (Å²) in [7, 11) is 0. The van der Waals surface area contributed by atoms with Gasteiger partial charge in [-0.2, -0.15) is 17.6 Å². The van der Waals surface area contributed by atoms with Crippen molar-refractivity contribution in [3.8, 4) is 5.75 Å².